The average molecular weight is 376 g/mol. The van der Waals surface area contributed by atoms with Crippen molar-refractivity contribution in [2.75, 3.05) is 22.8 Å². The van der Waals surface area contributed by atoms with E-state index in [1.807, 2.05) is 48.5 Å². The molecule has 0 unspecified atom stereocenters. The number of nitrogens with one attached hydrogen (secondary N) is 2. The first-order valence-corrected chi connectivity index (χ1v) is 8.62. The standard InChI is InChI=1S/C19H20N8O/c1-28-13-8-6-12(7-9-13)10-22-19-23-11-14-17(25-19)24-15-4-2-3-5-16(15)27(21)18(14)26-20/h2-9,11H,10,20-21H2,1H3,(H2,22,23,24,25)/b26-18-. The molecule has 9 nitrogen and oxygen atoms in total. The smallest absolute Gasteiger partial charge is 0.224 e. The lowest BCUT2D eigenvalue weighted by Gasteiger charge is -2.18. The predicted octanol–water partition coefficient (Wildman–Crippen LogP) is 2.15. The molecule has 2 heterocycles. The molecule has 0 fully saturated rings. The van der Waals surface area contributed by atoms with E-state index in [0.717, 1.165) is 22.7 Å². The van der Waals surface area contributed by atoms with Crippen molar-refractivity contribution in [1.82, 2.24) is 9.97 Å². The molecule has 142 valence electrons. The van der Waals surface area contributed by atoms with Crippen molar-refractivity contribution in [3.63, 3.8) is 0 Å². The Hall–Kier alpha value is -3.85. The first kappa shape index (κ1) is 17.6. The maximum atomic E-state index is 6.21. The zero-order valence-corrected chi connectivity index (χ0v) is 15.3. The number of benzene rings is 2. The van der Waals surface area contributed by atoms with E-state index in [1.165, 1.54) is 5.01 Å². The Kier molecular flexibility index (Phi) is 4.65. The number of nitrogens with two attached hydrogens (primary N) is 2. The number of fused-ring (bicyclic) bond motifs is 2. The molecule has 4 rings (SSSR count). The fourth-order valence-electron chi connectivity index (χ4n) is 2.94. The SMILES string of the molecule is COc1ccc(CNc2ncc3c(n2)Nc2ccccc2N(N)/C3=N\N)cc1. The summed E-state index contributed by atoms with van der Waals surface area (Å²) in [6.45, 7) is 0.570. The van der Waals surface area contributed by atoms with E-state index in [1.54, 1.807) is 13.3 Å². The molecule has 0 atom stereocenters. The number of rotatable bonds is 4. The quantitative estimate of drug-likeness (QED) is 0.403. The Morgan fingerprint density at radius 3 is 2.71 bits per heavy atom. The average Bonchev–Trinajstić information content (AvgIpc) is 2.86. The van der Waals surface area contributed by atoms with E-state index in [-0.39, 0.29) is 0 Å². The van der Waals surface area contributed by atoms with Gasteiger partial charge in [0.1, 0.15) is 11.6 Å². The number of hydrogen-bond donors (Lipinski definition) is 4. The van der Waals surface area contributed by atoms with Crippen molar-refractivity contribution in [3.05, 3.63) is 65.9 Å². The molecule has 0 saturated heterocycles. The van der Waals surface area contributed by atoms with Crippen molar-refractivity contribution < 1.29 is 4.74 Å². The highest BCUT2D eigenvalue weighted by Crippen LogP contribution is 2.33. The number of amidine groups is 1. The number of methoxy groups -OCH3 is 1. The lowest BCUT2D eigenvalue weighted by atomic mass is 10.2. The second kappa shape index (κ2) is 7.41. The maximum absolute atomic E-state index is 6.21. The Morgan fingerprint density at radius 2 is 1.96 bits per heavy atom. The summed E-state index contributed by atoms with van der Waals surface area (Å²) in [7, 11) is 1.64. The van der Waals surface area contributed by atoms with Crippen LogP contribution in [-0.4, -0.2) is 22.9 Å². The molecule has 0 amide bonds. The maximum Gasteiger partial charge on any atom is 0.224 e. The van der Waals surface area contributed by atoms with Crippen molar-refractivity contribution >= 4 is 29.0 Å². The zero-order valence-electron chi connectivity index (χ0n) is 15.3. The molecule has 0 spiro atoms. The largest absolute Gasteiger partial charge is 0.497 e. The lowest BCUT2D eigenvalue weighted by Crippen LogP contribution is -2.38. The topological polar surface area (TPSA) is 127 Å². The Balaban J connectivity index is 1.61. The van der Waals surface area contributed by atoms with E-state index in [4.69, 9.17) is 16.4 Å². The van der Waals surface area contributed by atoms with Crippen LogP contribution in [0.2, 0.25) is 0 Å². The second-order valence-electron chi connectivity index (χ2n) is 6.12. The molecule has 9 heteroatoms. The Bertz CT molecular complexity index is 1020. The molecule has 28 heavy (non-hydrogen) atoms. The summed E-state index contributed by atoms with van der Waals surface area (Å²) >= 11 is 0. The van der Waals surface area contributed by atoms with Crippen LogP contribution in [0.4, 0.5) is 23.1 Å². The summed E-state index contributed by atoms with van der Waals surface area (Å²) in [6.07, 6.45) is 1.64. The molecule has 1 aliphatic heterocycles. The third-order valence-corrected chi connectivity index (χ3v) is 4.41. The minimum absolute atomic E-state index is 0.370. The number of ether oxygens (including phenoxy) is 1. The summed E-state index contributed by atoms with van der Waals surface area (Å²) < 4.78 is 5.18. The second-order valence-corrected chi connectivity index (χ2v) is 6.12. The van der Waals surface area contributed by atoms with Crippen LogP contribution in [0, 0.1) is 0 Å². The lowest BCUT2D eigenvalue weighted by molar-refractivity contribution is 0.414. The van der Waals surface area contributed by atoms with Crippen molar-refractivity contribution in [2.24, 2.45) is 16.8 Å². The first-order valence-electron chi connectivity index (χ1n) is 8.62. The van der Waals surface area contributed by atoms with Gasteiger partial charge in [-0.15, -0.1) is 0 Å². The van der Waals surface area contributed by atoms with Gasteiger partial charge in [0.2, 0.25) is 5.95 Å². The van der Waals surface area contributed by atoms with Gasteiger partial charge in [-0.1, -0.05) is 24.3 Å². The predicted molar refractivity (Wildman–Crippen MR) is 109 cm³/mol. The van der Waals surface area contributed by atoms with Gasteiger partial charge in [-0.2, -0.15) is 10.1 Å². The molecule has 0 aliphatic carbocycles. The molecule has 2 aromatic carbocycles. The number of hydrazine groups is 1. The number of hydrogen-bond acceptors (Lipinski definition) is 8. The summed E-state index contributed by atoms with van der Waals surface area (Å²) in [4.78, 5) is 8.95. The van der Waals surface area contributed by atoms with Crippen molar-refractivity contribution in [1.29, 1.82) is 0 Å². The number of anilines is 4. The Morgan fingerprint density at radius 1 is 1.18 bits per heavy atom. The third-order valence-electron chi connectivity index (χ3n) is 4.41. The van der Waals surface area contributed by atoms with Gasteiger partial charge in [-0.05, 0) is 29.8 Å². The highest BCUT2D eigenvalue weighted by atomic mass is 16.5. The molecule has 3 aromatic rings. The van der Waals surface area contributed by atoms with Gasteiger partial charge in [-0.3, -0.25) is 5.01 Å². The molecular weight excluding hydrogens is 356 g/mol. The molecule has 0 radical (unpaired) electrons. The zero-order chi connectivity index (χ0) is 19.5. The molecule has 6 N–H and O–H groups in total. The van der Waals surface area contributed by atoms with Gasteiger partial charge >= 0.3 is 0 Å². The van der Waals surface area contributed by atoms with E-state index in [2.05, 4.69) is 25.7 Å². The van der Waals surface area contributed by atoms with Crippen LogP contribution in [0.25, 0.3) is 0 Å². The Labute approximate surface area is 162 Å². The normalized spacial score (nSPS) is 13.9. The summed E-state index contributed by atoms with van der Waals surface area (Å²) in [5, 5.41) is 11.8. The molecule has 1 aromatic heterocycles. The first-order chi connectivity index (χ1) is 13.7. The highest BCUT2D eigenvalue weighted by molar-refractivity contribution is 6.15. The van der Waals surface area contributed by atoms with Gasteiger partial charge in [0.05, 0.1) is 24.0 Å². The van der Waals surface area contributed by atoms with Gasteiger partial charge in [0, 0.05) is 12.7 Å². The number of hydrazone groups is 1. The van der Waals surface area contributed by atoms with Crippen LogP contribution in [-0.2, 0) is 6.54 Å². The summed E-state index contributed by atoms with van der Waals surface area (Å²) in [6, 6.07) is 15.4. The monoisotopic (exact) mass is 376 g/mol. The van der Waals surface area contributed by atoms with E-state index < -0.39 is 0 Å². The molecule has 0 saturated carbocycles. The van der Waals surface area contributed by atoms with Gasteiger partial charge < -0.3 is 21.2 Å². The minimum Gasteiger partial charge on any atom is -0.497 e. The van der Waals surface area contributed by atoms with Gasteiger partial charge in [0.15, 0.2) is 5.84 Å². The molecule has 0 bridgehead atoms. The third kappa shape index (κ3) is 3.26. The van der Waals surface area contributed by atoms with Gasteiger partial charge in [-0.25, -0.2) is 10.8 Å². The fraction of sp³-hybridized carbons (Fsp3) is 0.105. The van der Waals surface area contributed by atoms with Crippen LogP contribution < -0.4 is 32.1 Å². The van der Waals surface area contributed by atoms with Crippen LogP contribution in [0.1, 0.15) is 11.1 Å². The molecule has 1 aliphatic rings. The van der Waals surface area contributed by atoms with Crippen molar-refractivity contribution in [3.8, 4) is 5.75 Å². The van der Waals surface area contributed by atoms with E-state index in [0.29, 0.717) is 29.7 Å². The summed E-state index contributed by atoms with van der Waals surface area (Å²) in [5.74, 6) is 14.0. The number of para-hydroxylation sites is 2. The van der Waals surface area contributed by atoms with Crippen LogP contribution in [0.3, 0.4) is 0 Å². The van der Waals surface area contributed by atoms with Crippen LogP contribution in [0.5, 0.6) is 5.75 Å². The summed E-state index contributed by atoms with van der Waals surface area (Å²) in [5.41, 5.74) is 3.22. The highest BCUT2D eigenvalue weighted by Gasteiger charge is 2.24. The number of nitrogens with zero attached hydrogens (tertiary/aromatic N) is 4. The van der Waals surface area contributed by atoms with Crippen LogP contribution in [0.15, 0.2) is 59.8 Å². The number of aromatic nitrogens is 2. The van der Waals surface area contributed by atoms with Gasteiger partial charge in [0.25, 0.3) is 0 Å². The van der Waals surface area contributed by atoms with E-state index in [9.17, 15) is 0 Å². The minimum atomic E-state index is 0.370. The fourth-order valence-corrected chi connectivity index (χ4v) is 2.94. The molecular formula is C19H20N8O. The van der Waals surface area contributed by atoms with Crippen LogP contribution >= 0.6 is 0 Å². The van der Waals surface area contributed by atoms with Crippen molar-refractivity contribution in [2.45, 2.75) is 6.54 Å². The van der Waals surface area contributed by atoms with E-state index >= 15 is 0 Å².